The standard InChI is InChI=1S/C15H23BrN2O3S/c1-12-10-14(16)15(11-13(12)2)22(19,20)17-4-3-5-18-6-8-21-9-7-18/h10-11,17H,3-9H2,1-2H3/p+1. The number of rotatable bonds is 6. The lowest BCUT2D eigenvalue weighted by atomic mass is 10.1. The summed E-state index contributed by atoms with van der Waals surface area (Å²) in [6, 6.07) is 3.57. The summed E-state index contributed by atoms with van der Waals surface area (Å²) in [6.07, 6.45) is 0.830. The van der Waals surface area contributed by atoms with Gasteiger partial charge in [0.1, 0.15) is 13.1 Å². The van der Waals surface area contributed by atoms with E-state index in [0.29, 0.717) is 15.9 Å². The van der Waals surface area contributed by atoms with Gasteiger partial charge in [0.15, 0.2) is 0 Å². The van der Waals surface area contributed by atoms with E-state index in [1.54, 1.807) is 6.07 Å². The van der Waals surface area contributed by atoms with Gasteiger partial charge in [-0.05, 0) is 53.0 Å². The van der Waals surface area contributed by atoms with Gasteiger partial charge in [0.2, 0.25) is 10.0 Å². The molecule has 1 heterocycles. The summed E-state index contributed by atoms with van der Waals surface area (Å²) in [5.41, 5.74) is 2.04. The first-order chi connectivity index (χ1) is 10.4. The van der Waals surface area contributed by atoms with E-state index >= 15 is 0 Å². The van der Waals surface area contributed by atoms with Crippen LogP contribution in [0.4, 0.5) is 0 Å². The molecule has 1 aromatic carbocycles. The number of halogens is 1. The van der Waals surface area contributed by atoms with Crippen molar-refractivity contribution in [1.29, 1.82) is 0 Å². The number of aryl methyl sites for hydroxylation is 2. The van der Waals surface area contributed by atoms with Crippen LogP contribution in [0.15, 0.2) is 21.5 Å². The van der Waals surface area contributed by atoms with E-state index in [1.807, 2.05) is 19.9 Å². The van der Waals surface area contributed by atoms with Crippen LogP contribution in [-0.4, -0.2) is 47.8 Å². The number of benzene rings is 1. The predicted octanol–water partition coefficient (Wildman–Crippen LogP) is 0.649. The van der Waals surface area contributed by atoms with Gasteiger partial charge in [-0.1, -0.05) is 0 Å². The lowest BCUT2D eigenvalue weighted by molar-refractivity contribution is -0.908. The van der Waals surface area contributed by atoms with Gasteiger partial charge < -0.3 is 9.64 Å². The van der Waals surface area contributed by atoms with Crippen molar-refractivity contribution in [2.75, 3.05) is 39.4 Å². The lowest BCUT2D eigenvalue weighted by Gasteiger charge is -2.23. The second kappa shape index (κ2) is 7.88. The van der Waals surface area contributed by atoms with Gasteiger partial charge in [-0.25, -0.2) is 13.1 Å². The first kappa shape index (κ1) is 17.9. The van der Waals surface area contributed by atoms with Crippen molar-refractivity contribution >= 4 is 26.0 Å². The molecule has 0 radical (unpaired) electrons. The van der Waals surface area contributed by atoms with E-state index in [4.69, 9.17) is 4.74 Å². The van der Waals surface area contributed by atoms with Gasteiger partial charge in [0.25, 0.3) is 0 Å². The van der Waals surface area contributed by atoms with Crippen molar-refractivity contribution in [3.8, 4) is 0 Å². The summed E-state index contributed by atoms with van der Waals surface area (Å²) in [6.45, 7) is 8.95. The van der Waals surface area contributed by atoms with Crippen LogP contribution in [0, 0.1) is 13.8 Å². The van der Waals surface area contributed by atoms with Crippen LogP contribution in [0.3, 0.4) is 0 Å². The number of ether oxygens (including phenoxy) is 1. The van der Waals surface area contributed by atoms with Crippen molar-refractivity contribution in [2.45, 2.75) is 25.2 Å². The molecule has 7 heteroatoms. The summed E-state index contributed by atoms with van der Waals surface area (Å²) in [7, 11) is -3.46. The van der Waals surface area contributed by atoms with Crippen LogP contribution >= 0.6 is 15.9 Å². The maximum atomic E-state index is 12.4. The fraction of sp³-hybridized carbons (Fsp3) is 0.600. The minimum absolute atomic E-state index is 0.314. The molecule has 0 bridgehead atoms. The highest BCUT2D eigenvalue weighted by molar-refractivity contribution is 9.10. The molecule has 124 valence electrons. The summed E-state index contributed by atoms with van der Waals surface area (Å²) >= 11 is 3.35. The molecule has 2 rings (SSSR count). The molecule has 5 nitrogen and oxygen atoms in total. The zero-order chi connectivity index (χ0) is 16.2. The first-order valence-corrected chi connectivity index (χ1v) is 9.85. The topological polar surface area (TPSA) is 59.8 Å². The predicted molar refractivity (Wildman–Crippen MR) is 89.8 cm³/mol. The second-order valence-electron chi connectivity index (χ2n) is 5.73. The zero-order valence-electron chi connectivity index (χ0n) is 13.1. The Bertz CT molecular complexity index is 613. The molecule has 1 aliphatic rings. The molecule has 0 atom stereocenters. The van der Waals surface area contributed by atoms with E-state index in [1.165, 1.54) is 4.90 Å². The Kier molecular flexibility index (Phi) is 6.40. The maximum Gasteiger partial charge on any atom is 0.241 e. The molecule has 1 aromatic rings. The highest BCUT2D eigenvalue weighted by atomic mass is 79.9. The van der Waals surface area contributed by atoms with E-state index in [-0.39, 0.29) is 0 Å². The molecule has 1 saturated heterocycles. The Hall–Kier alpha value is -0.470. The van der Waals surface area contributed by atoms with Crippen LogP contribution in [0.25, 0.3) is 0 Å². The van der Waals surface area contributed by atoms with E-state index in [2.05, 4.69) is 20.7 Å². The summed E-state index contributed by atoms with van der Waals surface area (Å²) in [5.74, 6) is 0. The Morgan fingerprint density at radius 3 is 2.55 bits per heavy atom. The summed E-state index contributed by atoms with van der Waals surface area (Å²) < 4.78 is 33.4. The Morgan fingerprint density at radius 1 is 1.23 bits per heavy atom. The smallest absolute Gasteiger partial charge is 0.241 e. The van der Waals surface area contributed by atoms with E-state index < -0.39 is 10.0 Å². The van der Waals surface area contributed by atoms with Gasteiger partial charge in [-0.15, -0.1) is 0 Å². The highest BCUT2D eigenvalue weighted by Crippen LogP contribution is 2.25. The minimum Gasteiger partial charge on any atom is -0.370 e. The molecule has 0 unspecified atom stereocenters. The molecule has 0 saturated carbocycles. The SMILES string of the molecule is Cc1cc(Br)c(S(=O)(=O)NCCC[NH+]2CCOCC2)cc1C. The fourth-order valence-electron chi connectivity index (χ4n) is 2.49. The third kappa shape index (κ3) is 4.76. The van der Waals surface area contributed by atoms with Crippen molar-refractivity contribution < 1.29 is 18.1 Å². The van der Waals surface area contributed by atoms with Crippen LogP contribution in [0.5, 0.6) is 0 Å². The molecular weight excluding hydrogens is 368 g/mol. The number of quaternary nitrogens is 1. The summed E-state index contributed by atoms with van der Waals surface area (Å²) in [5, 5.41) is 0. The lowest BCUT2D eigenvalue weighted by Crippen LogP contribution is -3.14. The minimum atomic E-state index is -3.46. The average Bonchev–Trinajstić information content (AvgIpc) is 2.48. The number of hydrogen-bond acceptors (Lipinski definition) is 3. The number of sulfonamides is 1. The average molecular weight is 392 g/mol. The maximum absolute atomic E-state index is 12.4. The first-order valence-electron chi connectivity index (χ1n) is 7.58. The van der Waals surface area contributed by atoms with Crippen LogP contribution in [0.2, 0.25) is 0 Å². The van der Waals surface area contributed by atoms with Gasteiger partial charge in [0.05, 0.1) is 24.7 Å². The fourth-order valence-corrected chi connectivity index (χ4v) is 4.81. The van der Waals surface area contributed by atoms with Gasteiger partial charge >= 0.3 is 0 Å². The Balaban J connectivity index is 1.89. The number of hydrogen-bond donors (Lipinski definition) is 2. The van der Waals surface area contributed by atoms with E-state index in [9.17, 15) is 8.42 Å². The van der Waals surface area contributed by atoms with E-state index in [0.717, 1.165) is 50.4 Å². The van der Waals surface area contributed by atoms with Crippen LogP contribution < -0.4 is 9.62 Å². The Morgan fingerprint density at radius 2 is 1.86 bits per heavy atom. The largest absolute Gasteiger partial charge is 0.370 e. The molecule has 0 aromatic heterocycles. The molecule has 1 aliphatic heterocycles. The third-order valence-corrected chi connectivity index (χ3v) is 6.46. The number of morpholine rings is 1. The third-order valence-electron chi connectivity index (χ3n) is 4.04. The zero-order valence-corrected chi connectivity index (χ0v) is 15.5. The normalized spacial score (nSPS) is 16.9. The van der Waals surface area contributed by atoms with Crippen molar-refractivity contribution in [1.82, 2.24) is 4.72 Å². The van der Waals surface area contributed by atoms with Crippen molar-refractivity contribution in [2.24, 2.45) is 0 Å². The molecule has 0 amide bonds. The van der Waals surface area contributed by atoms with Gasteiger partial charge in [-0.3, -0.25) is 0 Å². The van der Waals surface area contributed by atoms with Crippen molar-refractivity contribution in [3.63, 3.8) is 0 Å². The molecule has 22 heavy (non-hydrogen) atoms. The quantitative estimate of drug-likeness (QED) is 0.699. The van der Waals surface area contributed by atoms with Crippen LogP contribution in [-0.2, 0) is 14.8 Å². The van der Waals surface area contributed by atoms with Gasteiger partial charge in [-0.2, -0.15) is 0 Å². The van der Waals surface area contributed by atoms with Crippen LogP contribution in [0.1, 0.15) is 17.5 Å². The molecule has 2 N–H and O–H groups in total. The molecule has 0 spiro atoms. The molecular formula is C15H24BrN2O3S+. The molecule has 0 aliphatic carbocycles. The molecule has 1 fully saturated rings. The highest BCUT2D eigenvalue weighted by Gasteiger charge is 2.19. The Labute approximate surface area is 141 Å². The second-order valence-corrected chi connectivity index (χ2v) is 8.32. The monoisotopic (exact) mass is 391 g/mol. The van der Waals surface area contributed by atoms with Gasteiger partial charge in [0, 0.05) is 17.4 Å². The number of nitrogens with one attached hydrogen (secondary N) is 2. The summed E-state index contributed by atoms with van der Waals surface area (Å²) in [4.78, 5) is 1.80. The van der Waals surface area contributed by atoms with Crippen molar-refractivity contribution in [3.05, 3.63) is 27.7 Å².